The molecule has 0 saturated heterocycles. The Morgan fingerprint density at radius 1 is 1.21 bits per heavy atom. The minimum Gasteiger partial charge on any atom is -0.472 e. The third-order valence-electron chi connectivity index (χ3n) is 4.99. The summed E-state index contributed by atoms with van der Waals surface area (Å²) in [5.74, 6) is 0.696. The number of hydrogen-bond donors (Lipinski definition) is 2. The second-order valence-corrected chi connectivity index (χ2v) is 7.45. The summed E-state index contributed by atoms with van der Waals surface area (Å²) < 4.78 is 50.3. The van der Waals surface area contributed by atoms with Crippen molar-refractivity contribution in [2.24, 2.45) is 0 Å². The van der Waals surface area contributed by atoms with Gasteiger partial charge in [-0.3, -0.25) is 0 Å². The van der Waals surface area contributed by atoms with E-state index in [1.54, 1.807) is 12.4 Å². The van der Waals surface area contributed by atoms with Gasteiger partial charge in [0.2, 0.25) is 0 Å². The number of alkyl carbamates (subject to hydrolysis) is 1. The van der Waals surface area contributed by atoms with Gasteiger partial charge in [-0.25, -0.2) is 19.7 Å². The number of unbranched alkanes of at least 4 members (excludes halogenated alkanes) is 1. The number of aryl methyl sites for hydroxylation is 1. The maximum absolute atomic E-state index is 12.8. The van der Waals surface area contributed by atoms with Crippen molar-refractivity contribution in [3.05, 3.63) is 60.3 Å². The van der Waals surface area contributed by atoms with E-state index in [0.29, 0.717) is 47.5 Å². The van der Waals surface area contributed by atoms with Crippen LogP contribution in [-0.4, -0.2) is 32.2 Å². The maximum Gasteiger partial charge on any atom is 0.416 e. The Bertz CT molecular complexity index is 1270. The Kier molecular flexibility index (Phi) is 6.66. The molecule has 0 spiro atoms. The van der Waals surface area contributed by atoms with Crippen molar-refractivity contribution < 1.29 is 27.1 Å². The molecule has 0 radical (unpaired) electrons. The lowest BCUT2D eigenvalue weighted by Gasteiger charge is -2.10. The molecule has 34 heavy (non-hydrogen) atoms. The number of hydrogen-bond acceptors (Lipinski definition) is 7. The molecule has 1 amide bonds. The van der Waals surface area contributed by atoms with Gasteiger partial charge in [-0.05, 0) is 36.6 Å². The maximum atomic E-state index is 12.8. The first-order valence-electron chi connectivity index (χ1n) is 10.4. The largest absolute Gasteiger partial charge is 0.472 e. The van der Waals surface area contributed by atoms with Crippen LogP contribution in [-0.2, 0) is 24.0 Å². The van der Waals surface area contributed by atoms with E-state index in [1.807, 2.05) is 4.57 Å². The van der Waals surface area contributed by atoms with Gasteiger partial charge in [0.05, 0.1) is 30.3 Å². The molecule has 0 bridgehead atoms. The fourth-order valence-electron chi connectivity index (χ4n) is 3.28. The van der Waals surface area contributed by atoms with Crippen LogP contribution in [0.3, 0.4) is 0 Å². The van der Waals surface area contributed by atoms with E-state index < -0.39 is 17.8 Å². The lowest BCUT2D eigenvalue weighted by Crippen LogP contribution is -2.24. The zero-order valence-electron chi connectivity index (χ0n) is 17.9. The predicted molar refractivity (Wildman–Crippen MR) is 116 cm³/mol. The molecule has 1 aromatic carbocycles. The number of halogens is 3. The Balaban J connectivity index is 1.24. The Morgan fingerprint density at radius 2 is 2.06 bits per heavy atom. The monoisotopic (exact) mass is 474 g/mol. The van der Waals surface area contributed by atoms with Gasteiger partial charge in [0.25, 0.3) is 0 Å². The number of benzene rings is 1. The van der Waals surface area contributed by atoms with Gasteiger partial charge in [0.1, 0.15) is 11.8 Å². The van der Waals surface area contributed by atoms with Gasteiger partial charge in [0, 0.05) is 13.1 Å². The summed E-state index contributed by atoms with van der Waals surface area (Å²) >= 11 is 0. The first kappa shape index (κ1) is 23.1. The smallest absolute Gasteiger partial charge is 0.416 e. The highest BCUT2D eigenvalue weighted by molar-refractivity contribution is 5.83. The van der Waals surface area contributed by atoms with E-state index in [9.17, 15) is 18.0 Å². The van der Waals surface area contributed by atoms with Gasteiger partial charge >= 0.3 is 12.3 Å². The molecule has 178 valence electrons. The number of nitrogens with zero attached hydrogens (tertiary/aromatic N) is 4. The third kappa shape index (κ3) is 5.45. The number of furan rings is 1. The number of alkyl halides is 3. The van der Waals surface area contributed by atoms with Crippen molar-refractivity contribution in [3.8, 4) is 11.4 Å². The van der Waals surface area contributed by atoms with Crippen LogP contribution in [0.1, 0.15) is 24.0 Å². The first-order valence-corrected chi connectivity index (χ1v) is 10.4. The van der Waals surface area contributed by atoms with Crippen LogP contribution in [0.15, 0.2) is 53.6 Å². The SMILES string of the molecule is Nc1nc(-c2ccoc2)nc2c1ncn2CCCCOC(=O)NCc1cccc(C(F)(F)F)c1. The van der Waals surface area contributed by atoms with Crippen molar-refractivity contribution in [1.29, 1.82) is 0 Å². The average Bonchev–Trinajstić information content (AvgIpc) is 3.48. The van der Waals surface area contributed by atoms with E-state index in [2.05, 4.69) is 20.3 Å². The van der Waals surface area contributed by atoms with Gasteiger partial charge in [0.15, 0.2) is 17.3 Å². The van der Waals surface area contributed by atoms with E-state index in [0.717, 1.165) is 12.1 Å². The zero-order valence-corrected chi connectivity index (χ0v) is 17.9. The summed E-state index contributed by atoms with van der Waals surface area (Å²) in [6, 6.07) is 6.49. The first-order chi connectivity index (χ1) is 16.3. The number of nitrogens with two attached hydrogens (primary N) is 1. The number of rotatable bonds is 8. The topological polar surface area (TPSA) is 121 Å². The van der Waals surface area contributed by atoms with E-state index in [4.69, 9.17) is 14.9 Å². The highest BCUT2D eigenvalue weighted by atomic mass is 19.4. The molecule has 3 N–H and O–H groups in total. The predicted octanol–water partition coefficient (Wildman–Crippen LogP) is 4.39. The average molecular weight is 474 g/mol. The van der Waals surface area contributed by atoms with Gasteiger partial charge in [-0.1, -0.05) is 12.1 Å². The molecule has 0 fully saturated rings. The van der Waals surface area contributed by atoms with Crippen LogP contribution in [0.2, 0.25) is 0 Å². The molecule has 4 aromatic rings. The van der Waals surface area contributed by atoms with Crippen LogP contribution < -0.4 is 11.1 Å². The Morgan fingerprint density at radius 3 is 2.82 bits per heavy atom. The molecular weight excluding hydrogens is 453 g/mol. The molecule has 0 aliphatic rings. The molecule has 0 unspecified atom stereocenters. The number of nitrogen functional groups attached to an aromatic ring is 1. The number of imidazole rings is 1. The van der Waals surface area contributed by atoms with Crippen molar-refractivity contribution in [1.82, 2.24) is 24.8 Å². The third-order valence-corrected chi connectivity index (χ3v) is 4.99. The number of ether oxygens (including phenoxy) is 1. The van der Waals surface area contributed by atoms with Crippen molar-refractivity contribution in [2.75, 3.05) is 12.3 Å². The van der Waals surface area contributed by atoms with Crippen molar-refractivity contribution in [3.63, 3.8) is 0 Å². The zero-order chi connectivity index (χ0) is 24.1. The van der Waals surface area contributed by atoms with Crippen LogP contribution in [0, 0.1) is 0 Å². The molecule has 4 rings (SSSR count). The van der Waals surface area contributed by atoms with Crippen molar-refractivity contribution in [2.45, 2.75) is 32.1 Å². The molecule has 9 nitrogen and oxygen atoms in total. The van der Waals surface area contributed by atoms with Crippen LogP contribution in [0.25, 0.3) is 22.6 Å². The second-order valence-electron chi connectivity index (χ2n) is 7.45. The van der Waals surface area contributed by atoms with E-state index >= 15 is 0 Å². The van der Waals surface area contributed by atoms with Crippen LogP contribution >= 0.6 is 0 Å². The lowest BCUT2D eigenvalue weighted by atomic mass is 10.1. The standard InChI is InChI=1S/C22H21F3N6O3/c23-22(24,25)16-5-3-4-14(10-16)11-27-21(32)34-8-2-1-7-31-13-28-17-18(26)29-19(30-20(17)31)15-6-9-33-12-15/h3-6,9-10,12-13H,1-2,7-8,11H2,(H,27,32)(H2,26,29,30). The van der Waals surface area contributed by atoms with Gasteiger partial charge in [-0.2, -0.15) is 13.2 Å². The summed E-state index contributed by atoms with van der Waals surface area (Å²) in [5, 5.41) is 2.45. The highest BCUT2D eigenvalue weighted by Gasteiger charge is 2.30. The molecule has 3 heterocycles. The molecule has 0 aliphatic carbocycles. The number of aromatic nitrogens is 4. The minimum absolute atomic E-state index is 0.0656. The minimum atomic E-state index is -4.43. The number of fused-ring (bicyclic) bond motifs is 1. The molecule has 0 atom stereocenters. The van der Waals surface area contributed by atoms with E-state index in [1.165, 1.54) is 24.7 Å². The number of nitrogens with one attached hydrogen (secondary N) is 1. The van der Waals surface area contributed by atoms with Gasteiger partial charge < -0.3 is 24.8 Å². The molecule has 0 saturated carbocycles. The highest BCUT2D eigenvalue weighted by Crippen LogP contribution is 2.29. The summed E-state index contributed by atoms with van der Waals surface area (Å²) in [6.45, 7) is 0.648. The number of amides is 1. The summed E-state index contributed by atoms with van der Waals surface area (Å²) in [7, 11) is 0. The molecule has 0 aliphatic heterocycles. The fraction of sp³-hybridized carbons (Fsp3) is 0.273. The van der Waals surface area contributed by atoms with Gasteiger partial charge in [-0.15, -0.1) is 0 Å². The van der Waals surface area contributed by atoms with Crippen LogP contribution in [0.5, 0.6) is 0 Å². The normalized spacial score (nSPS) is 11.6. The molecule has 12 heteroatoms. The Hall–Kier alpha value is -4.09. The molecule has 3 aromatic heterocycles. The number of anilines is 1. The number of carbonyl (C=O) groups excluding carboxylic acids is 1. The quantitative estimate of drug-likeness (QED) is 0.363. The summed E-state index contributed by atoms with van der Waals surface area (Å²) in [6.07, 6.45) is 0.759. The summed E-state index contributed by atoms with van der Waals surface area (Å²) in [5.41, 5.74) is 7.35. The van der Waals surface area contributed by atoms with Crippen molar-refractivity contribution >= 4 is 23.1 Å². The van der Waals surface area contributed by atoms with E-state index in [-0.39, 0.29) is 19.0 Å². The van der Waals surface area contributed by atoms with Crippen LogP contribution in [0.4, 0.5) is 23.8 Å². The molecular formula is C22H21F3N6O3. The summed E-state index contributed by atoms with van der Waals surface area (Å²) in [4.78, 5) is 24.9. The number of carbonyl (C=O) groups is 1. The lowest BCUT2D eigenvalue weighted by molar-refractivity contribution is -0.137. The Labute approximate surface area is 191 Å². The second kappa shape index (κ2) is 9.81. The fourth-order valence-corrected chi connectivity index (χ4v) is 3.28.